The first-order valence-electron chi connectivity index (χ1n) is 22.8. The van der Waals surface area contributed by atoms with Gasteiger partial charge in [-0.25, -0.2) is 15.0 Å². The van der Waals surface area contributed by atoms with Crippen LogP contribution in [-0.2, 0) is 54.3 Å². The summed E-state index contributed by atoms with van der Waals surface area (Å²) in [4.78, 5) is 67.0. The molecule has 0 radical (unpaired) electrons. The van der Waals surface area contributed by atoms with Gasteiger partial charge in [-0.15, -0.1) is 11.3 Å². The van der Waals surface area contributed by atoms with Crippen LogP contribution in [0.2, 0.25) is 0 Å². The second kappa shape index (κ2) is 21.7. The summed E-state index contributed by atoms with van der Waals surface area (Å²) in [6.45, 7) is 8.02. The Morgan fingerprint density at radius 3 is 1.46 bits per heavy atom. The maximum atomic E-state index is 13.7. The summed E-state index contributed by atoms with van der Waals surface area (Å²) in [7, 11) is 0. The lowest BCUT2D eigenvalue weighted by Gasteiger charge is -2.27. The van der Waals surface area contributed by atoms with E-state index in [4.69, 9.17) is 28.9 Å². The van der Waals surface area contributed by atoms with E-state index >= 15 is 0 Å². The zero-order chi connectivity index (χ0) is 44.3. The van der Waals surface area contributed by atoms with Crippen molar-refractivity contribution < 1.29 is 38.1 Å². The maximum Gasteiger partial charge on any atom is 0.314 e. The molecule has 12 heteroatoms. The molecular formula is C51H59N3O8S. The van der Waals surface area contributed by atoms with E-state index in [1.807, 2.05) is 19.2 Å². The Morgan fingerprint density at radius 2 is 1.02 bits per heavy atom. The van der Waals surface area contributed by atoms with Gasteiger partial charge in [0.25, 0.3) is 0 Å². The van der Waals surface area contributed by atoms with Crippen molar-refractivity contribution in [3.8, 4) is 22.3 Å². The van der Waals surface area contributed by atoms with E-state index in [0.29, 0.717) is 104 Å². The molecule has 0 spiro atoms. The van der Waals surface area contributed by atoms with E-state index in [-0.39, 0.29) is 53.5 Å². The van der Waals surface area contributed by atoms with Crippen molar-refractivity contribution in [1.82, 2.24) is 15.0 Å². The third kappa shape index (κ3) is 12.4. The molecule has 0 amide bonds. The number of aromatic nitrogens is 3. The van der Waals surface area contributed by atoms with E-state index in [1.165, 1.54) is 22.5 Å². The van der Waals surface area contributed by atoms with Crippen molar-refractivity contribution in [2.45, 2.75) is 143 Å². The minimum atomic E-state index is -0.390. The van der Waals surface area contributed by atoms with E-state index in [1.54, 1.807) is 12.1 Å². The molecule has 2 saturated carbocycles. The van der Waals surface area contributed by atoms with Crippen molar-refractivity contribution in [1.29, 1.82) is 0 Å². The summed E-state index contributed by atoms with van der Waals surface area (Å²) >= 11 is 1.41. The van der Waals surface area contributed by atoms with E-state index in [9.17, 15) is 19.2 Å². The van der Waals surface area contributed by atoms with E-state index < -0.39 is 5.97 Å². The first-order chi connectivity index (χ1) is 30.5. The third-order valence-electron chi connectivity index (χ3n) is 12.2. The van der Waals surface area contributed by atoms with E-state index in [0.717, 1.165) is 42.5 Å². The Hall–Kier alpha value is -5.49. The van der Waals surface area contributed by atoms with Gasteiger partial charge >= 0.3 is 23.9 Å². The molecule has 5 aromatic rings. The van der Waals surface area contributed by atoms with Crippen LogP contribution in [0.25, 0.3) is 21.7 Å². The second-order valence-electron chi connectivity index (χ2n) is 17.1. The van der Waals surface area contributed by atoms with Crippen molar-refractivity contribution >= 4 is 46.1 Å². The number of thiazole rings is 1. The fourth-order valence-electron chi connectivity index (χ4n) is 8.60. The summed E-state index contributed by atoms with van der Waals surface area (Å²) in [5.74, 6) is -1.07. The molecule has 2 aliphatic rings. The predicted octanol–water partition coefficient (Wildman–Crippen LogP) is 10.6. The van der Waals surface area contributed by atoms with Gasteiger partial charge in [0.15, 0.2) is 16.6 Å². The smallest absolute Gasteiger partial charge is 0.314 e. The van der Waals surface area contributed by atoms with Gasteiger partial charge in [0.05, 0.1) is 22.9 Å². The molecule has 2 fully saturated rings. The lowest BCUT2D eigenvalue weighted by molar-refractivity contribution is -0.153. The zero-order valence-corrected chi connectivity index (χ0v) is 37.8. The van der Waals surface area contributed by atoms with Gasteiger partial charge < -0.3 is 18.9 Å². The number of nitrogens with zero attached hydrogens (tertiary/aromatic N) is 3. The first kappa shape index (κ1) is 45.5. The number of fused-ring (bicyclic) bond motifs is 1. The van der Waals surface area contributed by atoms with Crippen molar-refractivity contribution in [3.05, 3.63) is 99.7 Å². The number of benzene rings is 3. The summed E-state index contributed by atoms with van der Waals surface area (Å²) in [6, 6.07) is 20.1. The highest BCUT2D eigenvalue weighted by atomic mass is 32.1. The maximum absolute atomic E-state index is 13.7. The van der Waals surface area contributed by atoms with Crippen LogP contribution in [0.15, 0.2) is 66.0 Å². The number of carbonyl (C=O) groups is 4. The average molecular weight is 874 g/mol. The molecule has 63 heavy (non-hydrogen) atoms. The van der Waals surface area contributed by atoms with Crippen LogP contribution < -0.4 is 9.47 Å². The highest BCUT2D eigenvalue weighted by Crippen LogP contribution is 2.38. The van der Waals surface area contributed by atoms with Crippen LogP contribution in [-0.4, -0.2) is 51.0 Å². The summed E-state index contributed by atoms with van der Waals surface area (Å²) in [5, 5.41) is 3.01. The van der Waals surface area contributed by atoms with Crippen molar-refractivity contribution in [3.63, 3.8) is 0 Å². The highest BCUT2D eigenvalue weighted by Gasteiger charge is 2.32. The molecule has 11 nitrogen and oxygen atoms in total. The fourth-order valence-corrected chi connectivity index (χ4v) is 9.33. The quantitative estimate of drug-likeness (QED) is 0.0650. The Kier molecular flexibility index (Phi) is 15.7. The van der Waals surface area contributed by atoms with Gasteiger partial charge in [0.2, 0.25) is 0 Å². The molecule has 2 heterocycles. The number of hydrogen-bond donors (Lipinski definition) is 0. The summed E-state index contributed by atoms with van der Waals surface area (Å²) < 4.78 is 23.8. The minimum absolute atomic E-state index is 0.224. The molecule has 2 aromatic heterocycles. The van der Waals surface area contributed by atoms with Gasteiger partial charge in [-0.1, -0.05) is 75.2 Å². The fraction of sp³-hybridized carbons (Fsp3) is 0.471. The molecule has 2 aliphatic carbocycles. The SMILES string of the molecule is CCCc1ccc(CCC(=O)OC2CCC(C(=O)Oc3ccc(OC(=O)C4CCC(OC(=O)CCc5ccc(CCC)cc5)CC4)c4c(C)nc(-c5nc(C)cs5)nc34)CC2)cc1. The topological polar surface area (TPSA) is 144 Å². The van der Waals surface area contributed by atoms with Crippen LogP contribution in [0.5, 0.6) is 11.5 Å². The Bertz CT molecular complexity index is 2360. The monoisotopic (exact) mass is 873 g/mol. The molecule has 3 aromatic carbocycles. The van der Waals surface area contributed by atoms with Crippen molar-refractivity contribution in [2.75, 3.05) is 0 Å². The second-order valence-corrected chi connectivity index (χ2v) is 18.0. The van der Waals surface area contributed by atoms with Gasteiger partial charge in [0.1, 0.15) is 23.5 Å². The largest absolute Gasteiger partial charge is 0.462 e. The van der Waals surface area contributed by atoms with Crippen LogP contribution in [0.3, 0.4) is 0 Å². The number of hydrogen-bond acceptors (Lipinski definition) is 12. The zero-order valence-electron chi connectivity index (χ0n) is 37.0. The lowest BCUT2D eigenvalue weighted by Crippen LogP contribution is -2.30. The van der Waals surface area contributed by atoms with Gasteiger partial charge in [-0.05, 0) is 125 Å². The predicted molar refractivity (Wildman–Crippen MR) is 243 cm³/mol. The lowest BCUT2D eigenvalue weighted by atomic mass is 9.87. The van der Waals surface area contributed by atoms with Gasteiger partial charge in [-0.3, -0.25) is 19.2 Å². The van der Waals surface area contributed by atoms with Crippen LogP contribution in [0.4, 0.5) is 0 Å². The number of ether oxygens (including phenoxy) is 4. The summed E-state index contributed by atoms with van der Waals surface area (Å²) in [5.41, 5.74) is 6.55. The molecule has 7 rings (SSSR count). The standard InChI is InChI=1S/C51H59N3O8S/c1-5-7-34-9-13-36(14-10-34)17-29-44(55)59-40-23-19-38(20-24-40)50(57)61-42-27-28-43(47-46(42)33(4)53-48(54-47)49-52-32(3)31-63-49)62-51(58)39-21-25-41(26-22-39)60-45(56)30-18-37-15-11-35(8-6-2)12-16-37/h9-16,27-28,31,38-41H,5-8,17-26,29-30H2,1-4H3. The number of aryl methyl sites for hydroxylation is 6. The molecular weight excluding hydrogens is 815 g/mol. The molecule has 0 atom stereocenters. The third-order valence-corrected chi connectivity index (χ3v) is 13.1. The van der Waals surface area contributed by atoms with Crippen LogP contribution in [0, 0.1) is 25.7 Å². The average Bonchev–Trinajstić information content (AvgIpc) is 3.73. The van der Waals surface area contributed by atoms with Crippen molar-refractivity contribution in [2.24, 2.45) is 11.8 Å². The number of rotatable bonds is 17. The Morgan fingerprint density at radius 1 is 0.571 bits per heavy atom. The first-order valence-corrected chi connectivity index (χ1v) is 23.6. The van der Waals surface area contributed by atoms with E-state index in [2.05, 4.69) is 67.4 Å². The number of esters is 4. The summed E-state index contributed by atoms with van der Waals surface area (Å²) in [6.07, 6.45) is 10.1. The normalized spacial score (nSPS) is 18.7. The Balaban J connectivity index is 0.943. The highest BCUT2D eigenvalue weighted by molar-refractivity contribution is 7.13. The minimum Gasteiger partial charge on any atom is -0.462 e. The molecule has 332 valence electrons. The van der Waals surface area contributed by atoms with Gasteiger partial charge in [-0.2, -0.15) is 0 Å². The number of carbonyl (C=O) groups excluding carboxylic acids is 4. The molecule has 0 unspecified atom stereocenters. The molecule has 0 aliphatic heterocycles. The molecule has 0 saturated heterocycles. The van der Waals surface area contributed by atoms with Gasteiger partial charge in [0, 0.05) is 23.9 Å². The van der Waals surface area contributed by atoms with Crippen LogP contribution in [0.1, 0.15) is 125 Å². The Labute approximate surface area is 374 Å². The molecule has 0 bridgehead atoms. The molecule has 0 N–H and O–H groups in total. The van der Waals surface area contributed by atoms with Crippen LogP contribution >= 0.6 is 11.3 Å².